The molecular weight excluding hydrogens is 416 g/mol. The summed E-state index contributed by atoms with van der Waals surface area (Å²) in [6, 6.07) is 16.5. The molecule has 0 saturated heterocycles. The fourth-order valence-corrected chi connectivity index (χ4v) is 5.51. The van der Waals surface area contributed by atoms with Crippen molar-refractivity contribution in [3.63, 3.8) is 0 Å². The van der Waals surface area contributed by atoms with Crippen LogP contribution in [0.25, 0.3) is 0 Å². The van der Waals surface area contributed by atoms with E-state index in [0.717, 1.165) is 6.42 Å². The van der Waals surface area contributed by atoms with Gasteiger partial charge in [0.1, 0.15) is 0 Å². The molecule has 4 aromatic rings. The largest absolute Gasteiger partial charge is 0.459 e. The van der Waals surface area contributed by atoms with Crippen LogP contribution in [0.3, 0.4) is 0 Å². The van der Waals surface area contributed by atoms with Gasteiger partial charge in [-0.25, -0.2) is 0 Å². The van der Waals surface area contributed by atoms with Gasteiger partial charge in [-0.15, -0.1) is 22.7 Å². The molecular formula is C23H18N2O3S2. The highest BCUT2D eigenvalue weighted by Gasteiger charge is 2.33. The monoisotopic (exact) mass is 434 g/mol. The zero-order valence-corrected chi connectivity index (χ0v) is 17.5. The lowest BCUT2D eigenvalue weighted by molar-refractivity contribution is 0.0698. The van der Waals surface area contributed by atoms with E-state index in [9.17, 15) is 9.59 Å². The Morgan fingerprint density at radius 1 is 1.00 bits per heavy atom. The van der Waals surface area contributed by atoms with Crippen LogP contribution in [-0.2, 0) is 6.42 Å². The van der Waals surface area contributed by atoms with E-state index < -0.39 is 0 Å². The third kappa shape index (κ3) is 3.46. The summed E-state index contributed by atoms with van der Waals surface area (Å²) < 4.78 is 5.11. The smallest absolute Gasteiger partial charge is 0.291 e. The highest BCUT2D eigenvalue weighted by molar-refractivity contribution is 7.10. The van der Waals surface area contributed by atoms with Gasteiger partial charge in [0.2, 0.25) is 0 Å². The van der Waals surface area contributed by atoms with Crippen LogP contribution < -0.4 is 5.32 Å². The minimum absolute atomic E-state index is 0.00541. The van der Waals surface area contributed by atoms with Gasteiger partial charge >= 0.3 is 0 Å². The molecule has 1 aliphatic heterocycles. The van der Waals surface area contributed by atoms with Crippen LogP contribution in [0.4, 0.5) is 5.69 Å². The van der Waals surface area contributed by atoms with Crippen LogP contribution in [0.15, 0.2) is 76.0 Å². The Morgan fingerprint density at radius 2 is 1.87 bits per heavy atom. The van der Waals surface area contributed by atoms with Crippen LogP contribution in [0, 0.1) is 0 Å². The van der Waals surface area contributed by atoms with E-state index in [1.165, 1.54) is 21.6 Å². The molecule has 4 heterocycles. The van der Waals surface area contributed by atoms with Crippen LogP contribution >= 0.6 is 22.7 Å². The molecule has 0 spiro atoms. The summed E-state index contributed by atoms with van der Waals surface area (Å²) in [6.45, 7) is 0.686. The fourth-order valence-electron chi connectivity index (χ4n) is 3.75. The van der Waals surface area contributed by atoms with Crippen molar-refractivity contribution in [2.45, 2.75) is 12.5 Å². The molecule has 7 heteroatoms. The molecule has 0 saturated carbocycles. The summed E-state index contributed by atoms with van der Waals surface area (Å²) in [6.07, 6.45) is 2.33. The summed E-state index contributed by atoms with van der Waals surface area (Å²) >= 11 is 3.44. The third-order valence-electron chi connectivity index (χ3n) is 5.17. The number of amides is 2. The molecule has 2 amide bonds. The highest BCUT2D eigenvalue weighted by Crippen LogP contribution is 2.40. The van der Waals surface area contributed by atoms with Gasteiger partial charge in [-0.1, -0.05) is 6.07 Å². The lowest BCUT2D eigenvalue weighted by Crippen LogP contribution is -2.39. The predicted molar refractivity (Wildman–Crippen MR) is 118 cm³/mol. The van der Waals surface area contributed by atoms with E-state index in [0.29, 0.717) is 17.8 Å². The highest BCUT2D eigenvalue weighted by atomic mass is 32.1. The Kier molecular flexibility index (Phi) is 4.98. The predicted octanol–water partition coefficient (Wildman–Crippen LogP) is 5.44. The van der Waals surface area contributed by atoms with E-state index >= 15 is 0 Å². The van der Waals surface area contributed by atoms with Crippen LogP contribution in [0.5, 0.6) is 0 Å². The SMILES string of the molecule is O=C(Nc1ccc(C(=O)N2CCc3sccc3[C@@H]2c2cccs2)cc1)c1ccco1. The van der Waals surface area contributed by atoms with E-state index in [1.807, 2.05) is 11.0 Å². The second kappa shape index (κ2) is 7.93. The van der Waals surface area contributed by atoms with Crippen molar-refractivity contribution in [3.05, 3.63) is 98.3 Å². The number of thiophene rings is 2. The van der Waals surface area contributed by atoms with E-state index in [-0.39, 0.29) is 23.6 Å². The van der Waals surface area contributed by atoms with Crippen LogP contribution in [0.2, 0.25) is 0 Å². The minimum Gasteiger partial charge on any atom is -0.459 e. The Hall–Kier alpha value is -3.16. The number of anilines is 1. The van der Waals surface area contributed by atoms with Crippen molar-refractivity contribution in [1.29, 1.82) is 0 Å². The average molecular weight is 435 g/mol. The van der Waals surface area contributed by atoms with Crippen molar-refractivity contribution in [2.24, 2.45) is 0 Å². The number of carbonyl (C=O) groups is 2. The number of hydrogen-bond acceptors (Lipinski definition) is 5. The topological polar surface area (TPSA) is 62.6 Å². The molecule has 30 heavy (non-hydrogen) atoms. The molecule has 0 radical (unpaired) electrons. The molecule has 0 fully saturated rings. The molecule has 1 atom stereocenters. The number of nitrogens with one attached hydrogen (secondary N) is 1. The van der Waals surface area contributed by atoms with E-state index in [2.05, 4.69) is 28.2 Å². The van der Waals surface area contributed by atoms with Gasteiger partial charge in [-0.2, -0.15) is 0 Å². The Balaban J connectivity index is 1.38. The Labute approximate surface area is 181 Å². The zero-order chi connectivity index (χ0) is 20.5. The van der Waals surface area contributed by atoms with Crippen LogP contribution in [0.1, 0.15) is 42.3 Å². The lowest BCUT2D eigenvalue weighted by atomic mass is 9.97. The quantitative estimate of drug-likeness (QED) is 0.465. The summed E-state index contributed by atoms with van der Waals surface area (Å²) in [5.41, 5.74) is 2.44. The lowest BCUT2D eigenvalue weighted by Gasteiger charge is -2.35. The number of carbonyl (C=O) groups excluding carboxylic acids is 2. The van der Waals surface area contributed by atoms with Gasteiger partial charge in [0.25, 0.3) is 11.8 Å². The van der Waals surface area contributed by atoms with Crippen LogP contribution in [-0.4, -0.2) is 23.3 Å². The summed E-state index contributed by atoms with van der Waals surface area (Å²) in [4.78, 5) is 30.0. The number of furan rings is 1. The standard InChI is InChI=1S/C23H18N2O3S2/c26-22(18-3-1-12-28-18)24-16-7-5-15(6-8-16)23(27)25-11-9-19-17(10-14-30-19)21(25)20-4-2-13-29-20/h1-8,10,12-14,21H,9,11H2,(H,24,26)/t21-/m1/s1. The zero-order valence-electron chi connectivity index (χ0n) is 15.9. The summed E-state index contributed by atoms with van der Waals surface area (Å²) in [5, 5.41) is 6.93. The number of hydrogen-bond donors (Lipinski definition) is 1. The first-order chi connectivity index (χ1) is 14.7. The maximum Gasteiger partial charge on any atom is 0.291 e. The van der Waals surface area contributed by atoms with E-state index in [1.54, 1.807) is 59.1 Å². The van der Waals surface area contributed by atoms with Crippen molar-refractivity contribution in [3.8, 4) is 0 Å². The first kappa shape index (κ1) is 18.8. The molecule has 1 aromatic carbocycles. The van der Waals surface area contributed by atoms with Gasteiger partial charge in [-0.3, -0.25) is 9.59 Å². The number of benzene rings is 1. The molecule has 5 rings (SSSR count). The first-order valence-corrected chi connectivity index (χ1v) is 11.3. The van der Waals surface area contributed by atoms with Gasteiger partial charge in [-0.05, 0) is 71.3 Å². The summed E-state index contributed by atoms with van der Waals surface area (Å²) in [5.74, 6) is -0.0826. The molecule has 150 valence electrons. The molecule has 5 nitrogen and oxygen atoms in total. The van der Waals surface area contributed by atoms with Crippen molar-refractivity contribution >= 4 is 40.2 Å². The number of nitrogens with zero attached hydrogens (tertiary/aromatic N) is 1. The number of rotatable bonds is 4. The molecule has 3 aromatic heterocycles. The second-order valence-electron chi connectivity index (χ2n) is 6.97. The molecule has 1 N–H and O–H groups in total. The fraction of sp³-hybridized carbons (Fsp3) is 0.130. The molecule has 0 bridgehead atoms. The maximum atomic E-state index is 13.4. The van der Waals surface area contributed by atoms with Gasteiger partial charge in [0, 0.05) is 27.5 Å². The third-order valence-corrected chi connectivity index (χ3v) is 7.10. The van der Waals surface area contributed by atoms with Gasteiger partial charge < -0.3 is 14.6 Å². The first-order valence-electron chi connectivity index (χ1n) is 9.56. The average Bonchev–Trinajstić information content (AvgIpc) is 3.55. The summed E-state index contributed by atoms with van der Waals surface area (Å²) in [7, 11) is 0. The Morgan fingerprint density at radius 3 is 2.60 bits per heavy atom. The van der Waals surface area contributed by atoms with Gasteiger partial charge in [0.15, 0.2) is 5.76 Å². The van der Waals surface area contributed by atoms with Gasteiger partial charge in [0.05, 0.1) is 12.3 Å². The van der Waals surface area contributed by atoms with E-state index in [4.69, 9.17) is 4.42 Å². The molecule has 0 aliphatic carbocycles. The second-order valence-corrected chi connectivity index (χ2v) is 8.95. The normalized spacial score (nSPS) is 15.6. The Bertz CT molecular complexity index is 1160. The maximum absolute atomic E-state index is 13.4. The minimum atomic E-state index is -0.321. The van der Waals surface area contributed by atoms with Crippen molar-refractivity contribution < 1.29 is 14.0 Å². The van der Waals surface area contributed by atoms with Crippen molar-refractivity contribution in [1.82, 2.24) is 4.90 Å². The van der Waals surface area contributed by atoms with Crippen molar-refractivity contribution in [2.75, 3.05) is 11.9 Å². The number of fused-ring (bicyclic) bond motifs is 1. The molecule has 0 unspecified atom stereocenters. The molecule has 1 aliphatic rings.